The number of hydrogen-bond donors (Lipinski definition) is 2. The summed E-state index contributed by atoms with van der Waals surface area (Å²) in [4.78, 5) is 38.0. The second-order valence-corrected chi connectivity index (χ2v) is 10.4. The first-order chi connectivity index (χ1) is 17.0. The van der Waals surface area contributed by atoms with Crippen molar-refractivity contribution in [2.45, 2.75) is 24.8 Å². The van der Waals surface area contributed by atoms with E-state index in [9.17, 15) is 22.8 Å². The topological polar surface area (TPSA) is 119 Å². The molecule has 0 saturated heterocycles. The van der Waals surface area contributed by atoms with Crippen molar-refractivity contribution in [1.29, 1.82) is 0 Å². The molecule has 0 aliphatic rings. The predicted molar refractivity (Wildman–Crippen MR) is 138 cm³/mol. The Balaban J connectivity index is 1.75. The first-order valence-corrected chi connectivity index (χ1v) is 12.6. The van der Waals surface area contributed by atoms with Gasteiger partial charge in [-0.3, -0.25) is 18.7 Å². The van der Waals surface area contributed by atoms with Gasteiger partial charge in [0.05, 0.1) is 15.8 Å². The highest BCUT2D eigenvalue weighted by Gasteiger charge is 2.28. The van der Waals surface area contributed by atoms with Gasteiger partial charge >= 0.3 is 5.69 Å². The third-order valence-electron chi connectivity index (χ3n) is 5.91. The highest BCUT2D eigenvalue weighted by atomic mass is 32.2. The lowest BCUT2D eigenvalue weighted by atomic mass is 10.1. The second kappa shape index (κ2) is 9.56. The number of sulfonamides is 1. The van der Waals surface area contributed by atoms with Crippen molar-refractivity contribution in [2.75, 3.05) is 5.32 Å². The monoisotopic (exact) mass is 506 g/mol. The number of anilines is 1. The molecule has 2 N–H and O–H groups in total. The highest BCUT2D eigenvalue weighted by molar-refractivity contribution is 7.89. The molecule has 0 saturated carbocycles. The highest BCUT2D eigenvalue weighted by Crippen LogP contribution is 2.22. The molecule has 10 heteroatoms. The third kappa shape index (κ3) is 4.86. The summed E-state index contributed by atoms with van der Waals surface area (Å²) in [6.45, 7) is 3.81. The van der Waals surface area contributed by atoms with Crippen LogP contribution in [-0.4, -0.2) is 23.5 Å². The second-order valence-electron chi connectivity index (χ2n) is 8.72. The van der Waals surface area contributed by atoms with Gasteiger partial charge in [-0.2, -0.15) is 4.72 Å². The van der Waals surface area contributed by atoms with Gasteiger partial charge in [0.25, 0.3) is 5.56 Å². The van der Waals surface area contributed by atoms with Crippen LogP contribution < -0.4 is 21.3 Å². The van der Waals surface area contributed by atoms with Crippen molar-refractivity contribution >= 4 is 32.5 Å². The average molecular weight is 507 g/mol. The molecule has 0 aliphatic carbocycles. The van der Waals surface area contributed by atoms with Crippen LogP contribution in [0.15, 0.2) is 81.2 Å². The normalized spacial score (nSPS) is 12.4. The molecule has 0 radical (unpaired) electrons. The summed E-state index contributed by atoms with van der Waals surface area (Å²) in [7, 11) is -1.43. The van der Waals surface area contributed by atoms with Crippen LogP contribution in [0.4, 0.5) is 5.69 Å². The molecule has 0 fully saturated rings. The minimum atomic E-state index is -4.25. The van der Waals surface area contributed by atoms with Crippen LogP contribution in [0.2, 0.25) is 0 Å². The Labute approximate surface area is 208 Å². The molecule has 3 aromatic carbocycles. The fourth-order valence-corrected chi connectivity index (χ4v) is 5.35. The molecule has 1 heterocycles. The molecule has 4 aromatic rings. The van der Waals surface area contributed by atoms with Gasteiger partial charge in [-0.15, -0.1) is 0 Å². The number of benzene rings is 3. The standard InChI is InChI=1S/C26H26N4O5S/c1-16-12-17(2)14-19(13-16)27-24(31)23(18-8-6-5-7-9-18)28-36(34,35)20-10-11-22-21(15-20)25(32)30(4)26(33)29(22)3/h5-15,23,28H,1-4H3,(H,27,31)/t23-/m1/s1. The van der Waals surface area contributed by atoms with Gasteiger partial charge in [-0.1, -0.05) is 36.4 Å². The SMILES string of the molecule is Cc1cc(C)cc(NC(=O)[C@H](NS(=O)(=O)c2ccc3c(c2)c(=O)n(C)c(=O)n3C)c2ccccc2)c1. The molecular weight excluding hydrogens is 480 g/mol. The minimum Gasteiger partial charge on any atom is -0.324 e. The first-order valence-electron chi connectivity index (χ1n) is 11.1. The van der Waals surface area contributed by atoms with Crippen LogP contribution in [0, 0.1) is 13.8 Å². The molecule has 4 rings (SSSR count). The summed E-state index contributed by atoms with van der Waals surface area (Å²) >= 11 is 0. The maximum atomic E-state index is 13.4. The maximum Gasteiger partial charge on any atom is 0.330 e. The third-order valence-corrected chi connectivity index (χ3v) is 7.33. The van der Waals surface area contributed by atoms with E-state index in [2.05, 4.69) is 10.0 Å². The van der Waals surface area contributed by atoms with Crippen LogP contribution in [0.5, 0.6) is 0 Å². The zero-order valence-electron chi connectivity index (χ0n) is 20.3. The van der Waals surface area contributed by atoms with E-state index in [0.29, 0.717) is 16.8 Å². The van der Waals surface area contributed by atoms with E-state index in [0.717, 1.165) is 15.7 Å². The predicted octanol–water partition coefficient (Wildman–Crippen LogP) is 2.51. The zero-order chi connectivity index (χ0) is 26.2. The van der Waals surface area contributed by atoms with E-state index >= 15 is 0 Å². The summed E-state index contributed by atoms with van der Waals surface area (Å²) in [5.41, 5.74) is 2.07. The van der Waals surface area contributed by atoms with Crippen molar-refractivity contribution in [3.63, 3.8) is 0 Å². The molecule has 0 unspecified atom stereocenters. The Morgan fingerprint density at radius 1 is 0.861 bits per heavy atom. The van der Waals surface area contributed by atoms with Crippen molar-refractivity contribution in [3.05, 3.63) is 104 Å². The van der Waals surface area contributed by atoms with E-state index in [-0.39, 0.29) is 10.3 Å². The number of hydrogen-bond acceptors (Lipinski definition) is 5. The smallest absolute Gasteiger partial charge is 0.324 e. The summed E-state index contributed by atoms with van der Waals surface area (Å²) < 4.78 is 31.5. The van der Waals surface area contributed by atoms with E-state index < -0.39 is 33.2 Å². The van der Waals surface area contributed by atoms with Gasteiger partial charge < -0.3 is 5.32 Å². The lowest BCUT2D eigenvalue weighted by Gasteiger charge is -2.20. The van der Waals surface area contributed by atoms with Gasteiger partial charge in [0.15, 0.2) is 0 Å². The van der Waals surface area contributed by atoms with Gasteiger partial charge in [-0.25, -0.2) is 13.2 Å². The molecule has 186 valence electrons. The molecule has 1 aromatic heterocycles. The van der Waals surface area contributed by atoms with E-state index in [1.54, 1.807) is 42.5 Å². The summed E-state index contributed by atoms with van der Waals surface area (Å²) in [5.74, 6) is -0.561. The number of carbonyl (C=O) groups is 1. The van der Waals surface area contributed by atoms with Crippen LogP contribution in [0.3, 0.4) is 0 Å². The molecule has 1 amide bonds. The number of amides is 1. The van der Waals surface area contributed by atoms with E-state index in [1.807, 2.05) is 19.9 Å². The lowest BCUT2D eigenvalue weighted by Crippen LogP contribution is -2.38. The molecule has 0 bridgehead atoms. The van der Waals surface area contributed by atoms with Crippen molar-refractivity contribution in [3.8, 4) is 0 Å². The average Bonchev–Trinajstić information content (AvgIpc) is 2.84. The van der Waals surface area contributed by atoms with Crippen molar-refractivity contribution < 1.29 is 13.2 Å². The van der Waals surface area contributed by atoms with E-state index in [1.165, 1.54) is 36.9 Å². The Hall–Kier alpha value is -4.02. The minimum absolute atomic E-state index is 0.0680. The number of aryl methyl sites for hydroxylation is 3. The summed E-state index contributed by atoms with van der Waals surface area (Å²) in [6, 6.07) is 16.7. The summed E-state index contributed by atoms with van der Waals surface area (Å²) in [6.07, 6.45) is 0. The molecular formula is C26H26N4O5S. The fourth-order valence-electron chi connectivity index (χ4n) is 4.14. The van der Waals surface area contributed by atoms with Crippen LogP contribution in [-0.2, 0) is 28.9 Å². The number of rotatable bonds is 6. The van der Waals surface area contributed by atoms with Gasteiger partial charge in [0, 0.05) is 19.8 Å². The molecule has 0 spiro atoms. The molecule has 1 atom stereocenters. The van der Waals surface area contributed by atoms with Crippen molar-refractivity contribution in [2.24, 2.45) is 14.1 Å². The number of nitrogens with zero attached hydrogens (tertiary/aromatic N) is 2. The molecule has 0 aliphatic heterocycles. The zero-order valence-corrected chi connectivity index (χ0v) is 21.1. The number of carbonyl (C=O) groups excluding carboxylic acids is 1. The van der Waals surface area contributed by atoms with Gasteiger partial charge in [-0.05, 0) is 60.9 Å². The quantitative estimate of drug-likeness (QED) is 0.417. The number of aromatic nitrogens is 2. The number of nitrogens with one attached hydrogen (secondary N) is 2. The van der Waals surface area contributed by atoms with Crippen LogP contribution >= 0.6 is 0 Å². The largest absolute Gasteiger partial charge is 0.330 e. The number of fused-ring (bicyclic) bond motifs is 1. The fraction of sp³-hybridized carbons (Fsp3) is 0.192. The lowest BCUT2D eigenvalue weighted by molar-refractivity contribution is -0.117. The molecule has 9 nitrogen and oxygen atoms in total. The summed E-state index contributed by atoms with van der Waals surface area (Å²) in [5, 5.41) is 2.87. The van der Waals surface area contributed by atoms with Crippen LogP contribution in [0.1, 0.15) is 22.7 Å². The van der Waals surface area contributed by atoms with Gasteiger partial charge in [0.1, 0.15) is 6.04 Å². The van der Waals surface area contributed by atoms with Crippen molar-refractivity contribution in [1.82, 2.24) is 13.9 Å². The van der Waals surface area contributed by atoms with Crippen LogP contribution in [0.25, 0.3) is 10.9 Å². The Morgan fingerprint density at radius 2 is 1.50 bits per heavy atom. The van der Waals surface area contributed by atoms with Gasteiger partial charge in [0.2, 0.25) is 15.9 Å². The Morgan fingerprint density at radius 3 is 2.14 bits per heavy atom. The first kappa shape index (κ1) is 25.1. The molecule has 36 heavy (non-hydrogen) atoms. The van der Waals surface area contributed by atoms with E-state index in [4.69, 9.17) is 0 Å². The Kier molecular flexibility index (Phi) is 6.66. The maximum absolute atomic E-state index is 13.4. The Bertz CT molecular complexity index is 1690.